The van der Waals surface area contributed by atoms with Gasteiger partial charge in [-0.3, -0.25) is 14.5 Å². The summed E-state index contributed by atoms with van der Waals surface area (Å²) in [6.45, 7) is 0.996. The van der Waals surface area contributed by atoms with E-state index in [1.54, 1.807) is 19.0 Å². The van der Waals surface area contributed by atoms with Crippen LogP contribution in [-0.4, -0.2) is 52.1 Å². The Balaban J connectivity index is 1.60. The topological polar surface area (TPSA) is 65.8 Å². The molecule has 6 nitrogen and oxygen atoms in total. The van der Waals surface area contributed by atoms with Crippen molar-refractivity contribution < 1.29 is 9.90 Å². The molecule has 1 aromatic heterocycles. The predicted molar refractivity (Wildman–Crippen MR) is 127 cm³/mol. The van der Waals surface area contributed by atoms with Crippen LogP contribution in [0.4, 0.5) is 0 Å². The lowest BCUT2D eigenvalue weighted by Gasteiger charge is -2.32. The van der Waals surface area contributed by atoms with E-state index in [0.717, 1.165) is 16.8 Å². The Morgan fingerprint density at radius 1 is 1.00 bits per heavy atom. The van der Waals surface area contributed by atoms with E-state index in [9.17, 15) is 14.7 Å². The molecule has 0 aliphatic carbocycles. The number of likely N-dealkylation sites (N-methyl/N-ethyl adjacent to an activating group) is 1. The summed E-state index contributed by atoms with van der Waals surface area (Å²) in [6.07, 6.45) is 0. The number of hydrogen-bond acceptors (Lipinski definition) is 4. The molecule has 2 aliphatic rings. The van der Waals surface area contributed by atoms with Gasteiger partial charge in [0.25, 0.3) is 5.56 Å². The number of aromatic nitrogens is 1. The average Bonchev–Trinajstić information content (AvgIpc) is 3.35. The fourth-order valence-corrected chi connectivity index (χ4v) is 5.66. The minimum absolute atomic E-state index is 0.00539. The number of nitrogens with zero attached hydrogens (tertiary/aromatic N) is 3. The van der Waals surface area contributed by atoms with Gasteiger partial charge in [0.15, 0.2) is 0 Å². The van der Waals surface area contributed by atoms with Crippen LogP contribution in [0.1, 0.15) is 17.3 Å². The number of aliphatic hydroxyl groups is 1. The molecule has 2 aliphatic heterocycles. The molecule has 33 heavy (non-hydrogen) atoms. The maximum Gasteiger partial charge on any atom is 0.258 e. The standard InChI is InChI=1S/C27H29N3O3/c1-28(2)27(33)25-22(17-31)21-16-29-23(24(21)30(25)15-18-9-5-3-6-10-18)14-13-20(26(29)32)19-11-7-4-8-12-19/h3-14,21-22,24-25,31H,15-17H2,1-2H3/t21-,22-,24+,25-/m1/s1. The number of likely N-dealkylation sites (tertiary alicyclic amines) is 1. The molecule has 6 heteroatoms. The van der Waals surface area contributed by atoms with Gasteiger partial charge in [-0.1, -0.05) is 60.7 Å². The smallest absolute Gasteiger partial charge is 0.258 e. The van der Waals surface area contributed by atoms with Gasteiger partial charge < -0.3 is 14.6 Å². The summed E-state index contributed by atoms with van der Waals surface area (Å²) in [7, 11) is 3.52. The van der Waals surface area contributed by atoms with Gasteiger partial charge in [0.2, 0.25) is 5.91 Å². The summed E-state index contributed by atoms with van der Waals surface area (Å²) in [5, 5.41) is 10.4. The highest BCUT2D eigenvalue weighted by atomic mass is 16.3. The molecule has 3 heterocycles. The first-order valence-corrected chi connectivity index (χ1v) is 11.4. The third kappa shape index (κ3) is 3.59. The van der Waals surface area contributed by atoms with Crippen LogP contribution < -0.4 is 5.56 Å². The van der Waals surface area contributed by atoms with Crippen molar-refractivity contribution in [2.24, 2.45) is 11.8 Å². The molecule has 0 spiro atoms. The lowest BCUT2D eigenvalue weighted by atomic mass is 9.88. The fraction of sp³-hybridized carbons (Fsp3) is 0.333. The summed E-state index contributed by atoms with van der Waals surface area (Å²) in [5.41, 5.74) is 3.59. The highest BCUT2D eigenvalue weighted by Crippen LogP contribution is 2.50. The van der Waals surface area contributed by atoms with E-state index < -0.39 is 6.04 Å². The van der Waals surface area contributed by atoms with Crippen molar-refractivity contribution in [3.05, 3.63) is 94.4 Å². The van der Waals surface area contributed by atoms with Crippen molar-refractivity contribution >= 4 is 5.91 Å². The molecule has 1 fully saturated rings. The second-order valence-electron chi connectivity index (χ2n) is 9.24. The van der Waals surface area contributed by atoms with Gasteiger partial charge in [-0.2, -0.15) is 0 Å². The van der Waals surface area contributed by atoms with E-state index >= 15 is 0 Å². The zero-order valence-corrected chi connectivity index (χ0v) is 19.0. The van der Waals surface area contributed by atoms with Crippen molar-refractivity contribution in [1.29, 1.82) is 0 Å². The van der Waals surface area contributed by atoms with Crippen LogP contribution in [0.15, 0.2) is 77.6 Å². The Morgan fingerprint density at radius 3 is 2.30 bits per heavy atom. The molecule has 5 rings (SSSR count). The molecule has 3 aromatic rings. The van der Waals surface area contributed by atoms with Crippen LogP contribution in [0.25, 0.3) is 11.1 Å². The highest BCUT2D eigenvalue weighted by molar-refractivity contribution is 5.82. The number of aliphatic hydroxyl groups excluding tert-OH is 1. The second kappa shape index (κ2) is 8.61. The first-order valence-electron chi connectivity index (χ1n) is 11.4. The lowest BCUT2D eigenvalue weighted by Crippen LogP contribution is -2.47. The van der Waals surface area contributed by atoms with E-state index in [1.165, 1.54) is 0 Å². The van der Waals surface area contributed by atoms with Crippen LogP contribution in [0.3, 0.4) is 0 Å². The normalized spacial score (nSPS) is 23.8. The zero-order chi connectivity index (χ0) is 23.1. The zero-order valence-electron chi connectivity index (χ0n) is 19.0. The Labute approximate surface area is 193 Å². The largest absolute Gasteiger partial charge is 0.396 e. The molecule has 0 unspecified atom stereocenters. The van der Waals surface area contributed by atoms with Crippen LogP contribution in [-0.2, 0) is 17.9 Å². The van der Waals surface area contributed by atoms with Crippen molar-refractivity contribution in [2.45, 2.75) is 25.2 Å². The number of fused-ring (bicyclic) bond motifs is 3. The summed E-state index contributed by atoms with van der Waals surface area (Å²) >= 11 is 0. The van der Waals surface area contributed by atoms with Crippen molar-refractivity contribution in [2.75, 3.05) is 20.7 Å². The van der Waals surface area contributed by atoms with Crippen LogP contribution in [0.5, 0.6) is 0 Å². The highest BCUT2D eigenvalue weighted by Gasteiger charge is 2.55. The fourth-order valence-electron chi connectivity index (χ4n) is 5.66. The molecule has 1 N–H and O–H groups in total. The molecule has 2 aromatic carbocycles. The number of hydrogen-bond donors (Lipinski definition) is 1. The van der Waals surface area contributed by atoms with Gasteiger partial charge in [0.1, 0.15) is 0 Å². The SMILES string of the molecule is CN(C)C(=O)[C@H]1[C@H](CO)[C@H]2Cn3c(ccc(-c4ccccc4)c3=O)[C@H]2N1Cc1ccccc1. The molecule has 0 bridgehead atoms. The molecule has 1 saturated heterocycles. The Kier molecular flexibility index (Phi) is 5.64. The Bertz CT molecular complexity index is 1210. The Morgan fingerprint density at radius 2 is 1.67 bits per heavy atom. The van der Waals surface area contributed by atoms with E-state index in [4.69, 9.17) is 0 Å². The predicted octanol–water partition coefficient (Wildman–Crippen LogP) is 2.77. The van der Waals surface area contributed by atoms with Gasteiger partial charge >= 0.3 is 0 Å². The number of pyridine rings is 1. The van der Waals surface area contributed by atoms with Crippen molar-refractivity contribution in [3.8, 4) is 11.1 Å². The quantitative estimate of drug-likeness (QED) is 0.659. The first-order chi connectivity index (χ1) is 16.0. The lowest BCUT2D eigenvalue weighted by molar-refractivity contribution is -0.136. The number of benzene rings is 2. The first kappa shape index (κ1) is 21.6. The average molecular weight is 444 g/mol. The molecular formula is C27H29N3O3. The van der Waals surface area contributed by atoms with Crippen molar-refractivity contribution in [1.82, 2.24) is 14.4 Å². The van der Waals surface area contributed by atoms with Gasteiger partial charge in [0.05, 0.1) is 12.1 Å². The summed E-state index contributed by atoms with van der Waals surface area (Å²) in [6, 6.07) is 23.2. The number of carbonyl (C=O) groups is 1. The van der Waals surface area contributed by atoms with E-state index in [-0.39, 0.29) is 36.0 Å². The molecule has 0 radical (unpaired) electrons. The van der Waals surface area contributed by atoms with Gasteiger partial charge in [0, 0.05) is 56.9 Å². The number of carbonyl (C=O) groups excluding carboxylic acids is 1. The van der Waals surface area contributed by atoms with E-state index in [0.29, 0.717) is 18.7 Å². The summed E-state index contributed by atoms with van der Waals surface area (Å²) in [4.78, 5) is 30.6. The van der Waals surface area contributed by atoms with Crippen LogP contribution in [0.2, 0.25) is 0 Å². The number of rotatable bonds is 5. The van der Waals surface area contributed by atoms with Gasteiger partial charge in [-0.25, -0.2) is 0 Å². The third-order valence-electron chi connectivity index (χ3n) is 7.18. The van der Waals surface area contributed by atoms with Crippen LogP contribution in [0, 0.1) is 11.8 Å². The molecule has 0 saturated carbocycles. The maximum absolute atomic E-state index is 13.5. The third-order valence-corrected chi connectivity index (χ3v) is 7.18. The maximum atomic E-state index is 13.5. The molecule has 170 valence electrons. The van der Waals surface area contributed by atoms with E-state index in [1.807, 2.05) is 65.2 Å². The molecular weight excluding hydrogens is 414 g/mol. The van der Waals surface area contributed by atoms with Gasteiger partial charge in [-0.15, -0.1) is 0 Å². The Hall–Kier alpha value is -3.22. The molecule has 1 amide bonds. The minimum atomic E-state index is -0.433. The van der Waals surface area contributed by atoms with E-state index in [2.05, 4.69) is 17.0 Å². The molecule has 4 atom stereocenters. The van der Waals surface area contributed by atoms with Crippen LogP contribution >= 0.6 is 0 Å². The number of amides is 1. The second-order valence-corrected chi connectivity index (χ2v) is 9.24. The summed E-state index contributed by atoms with van der Waals surface area (Å²) < 4.78 is 1.86. The minimum Gasteiger partial charge on any atom is -0.396 e. The summed E-state index contributed by atoms with van der Waals surface area (Å²) in [5.74, 6) is -0.256. The van der Waals surface area contributed by atoms with Crippen molar-refractivity contribution in [3.63, 3.8) is 0 Å². The van der Waals surface area contributed by atoms with Gasteiger partial charge in [-0.05, 0) is 23.3 Å². The monoisotopic (exact) mass is 443 g/mol.